The summed E-state index contributed by atoms with van der Waals surface area (Å²) in [7, 11) is 2.98. The van der Waals surface area contributed by atoms with Gasteiger partial charge in [-0.2, -0.15) is 0 Å². The largest absolute Gasteiger partial charge is 0.493 e. The van der Waals surface area contributed by atoms with Crippen LogP contribution < -0.4 is 14.8 Å². The lowest BCUT2D eigenvalue weighted by Crippen LogP contribution is -2.56. The molecule has 212 valence electrons. The van der Waals surface area contributed by atoms with Gasteiger partial charge < -0.3 is 44.5 Å². The first-order valence-electron chi connectivity index (χ1n) is 12.9. The molecule has 4 atom stereocenters. The minimum Gasteiger partial charge on any atom is -0.493 e. The maximum atomic E-state index is 13.3. The number of methoxy groups -OCH3 is 2. The average Bonchev–Trinajstić information content (AvgIpc) is 3.30. The fraction of sp³-hybridized carbons (Fsp3) is 0.630. The molecule has 0 saturated carbocycles. The fourth-order valence-electron chi connectivity index (χ4n) is 4.95. The molecule has 0 bridgehead atoms. The van der Waals surface area contributed by atoms with E-state index in [1.165, 1.54) is 14.2 Å². The summed E-state index contributed by atoms with van der Waals surface area (Å²) in [5.41, 5.74) is 1.47. The van der Waals surface area contributed by atoms with E-state index in [2.05, 4.69) is 5.32 Å². The van der Waals surface area contributed by atoms with Crippen LogP contribution in [0, 0.1) is 0 Å². The van der Waals surface area contributed by atoms with E-state index in [-0.39, 0.29) is 44.8 Å². The highest BCUT2D eigenvalue weighted by atomic mass is 16.5. The third-order valence-corrected chi connectivity index (χ3v) is 6.69. The van der Waals surface area contributed by atoms with Crippen LogP contribution in [0.2, 0.25) is 0 Å². The summed E-state index contributed by atoms with van der Waals surface area (Å²) < 4.78 is 22.4. The molecule has 0 saturated heterocycles. The quantitative estimate of drug-likeness (QED) is 0.250. The lowest BCUT2D eigenvalue weighted by Gasteiger charge is -2.40. The van der Waals surface area contributed by atoms with E-state index in [1.807, 2.05) is 13.8 Å². The molecule has 1 aliphatic carbocycles. The van der Waals surface area contributed by atoms with Crippen molar-refractivity contribution in [3.05, 3.63) is 34.9 Å². The van der Waals surface area contributed by atoms with Crippen LogP contribution in [0.1, 0.15) is 43.7 Å². The first-order valence-corrected chi connectivity index (χ1v) is 12.9. The van der Waals surface area contributed by atoms with Crippen molar-refractivity contribution >= 4 is 11.8 Å². The van der Waals surface area contributed by atoms with Crippen LogP contribution in [0.4, 0.5) is 0 Å². The first-order chi connectivity index (χ1) is 18.3. The van der Waals surface area contributed by atoms with Crippen molar-refractivity contribution in [3.63, 3.8) is 0 Å². The van der Waals surface area contributed by atoms with E-state index in [4.69, 9.17) is 18.9 Å². The van der Waals surface area contributed by atoms with E-state index in [1.54, 1.807) is 23.1 Å². The second-order valence-electron chi connectivity index (χ2n) is 9.62. The van der Waals surface area contributed by atoms with Crippen molar-refractivity contribution in [1.29, 1.82) is 0 Å². The number of hydrogen-bond donors (Lipinski definition) is 4. The number of aliphatic hydroxyl groups excluding tert-OH is 3. The number of nitrogens with zero attached hydrogens (tertiary/aromatic N) is 1. The molecule has 0 fully saturated rings. The van der Waals surface area contributed by atoms with Crippen molar-refractivity contribution in [2.24, 2.45) is 0 Å². The molecule has 0 spiro atoms. The molecule has 0 unspecified atom stereocenters. The summed E-state index contributed by atoms with van der Waals surface area (Å²) in [6, 6.07) is 2.52. The first kappa shape index (κ1) is 29.9. The average molecular weight is 537 g/mol. The topological polar surface area (TPSA) is 147 Å². The summed E-state index contributed by atoms with van der Waals surface area (Å²) in [5.74, 6) is -0.596. The van der Waals surface area contributed by atoms with Gasteiger partial charge >= 0.3 is 0 Å². The van der Waals surface area contributed by atoms with Gasteiger partial charge in [0, 0.05) is 37.9 Å². The van der Waals surface area contributed by atoms with Crippen LogP contribution in [0.15, 0.2) is 23.8 Å². The minimum atomic E-state index is -1.17. The Balaban J connectivity index is 2.03. The lowest BCUT2D eigenvalue weighted by atomic mass is 9.77. The summed E-state index contributed by atoms with van der Waals surface area (Å²) in [5, 5.41) is 33.3. The van der Waals surface area contributed by atoms with Crippen LogP contribution in [0.3, 0.4) is 0 Å². The maximum Gasteiger partial charge on any atom is 0.247 e. The number of nitrogens with one attached hydrogen (secondary N) is 1. The molecular weight excluding hydrogens is 496 g/mol. The molecule has 11 heteroatoms. The van der Waals surface area contributed by atoms with Gasteiger partial charge in [-0.3, -0.25) is 9.59 Å². The molecule has 11 nitrogen and oxygen atoms in total. The zero-order valence-electron chi connectivity index (χ0n) is 22.5. The molecule has 1 aliphatic heterocycles. The van der Waals surface area contributed by atoms with Gasteiger partial charge in [-0.15, -0.1) is 0 Å². The molecule has 0 radical (unpaired) electrons. The molecular formula is C27H40N2O9. The molecule has 1 aromatic rings. The second kappa shape index (κ2) is 13.9. The highest BCUT2D eigenvalue weighted by Gasteiger charge is 2.51. The summed E-state index contributed by atoms with van der Waals surface area (Å²) in [6.07, 6.45) is 0.239. The van der Waals surface area contributed by atoms with Crippen LogP contribution in [0.25, 0.3) is 0 Å². The van der Waals surface area contributed by atoms with E-state index < -0.39 is 30.1 Å². The number of benzene rings is 1. The highest BCUT2D eigenvalue weighted by molar-refractivity contribution is 5.96. The van der Waals surface area contributed by atoms with Gasteiger partial charge in [-0.1, -0.05) is 0 Å². The van der Waals surface area contributed by atoms with E-state index >= 15 is 0 Å². The van der Waals surface area contributed by atoms with Gasteiger partial charge in [0.15, 0.2) is 11.5 Å². The standard InChI is InChI=1S/C27H40N2O9/c1-16(2)37-10-5-8-29(22(32)6-11-35-3)20-14-19(27(34)28-7-9-30)23-18-12-17(15-31)13-21(36-4)25(18)38-26(23)24(20)33/h12-14,16,20,23-24,26,30-31,33H,5-11,15H2,1-4H3,(H,28,34)/t20-,23+,24+,26+/m1/s1. The minimum absolute atomic E-state index is 0.0392. The Morgan fingerprint density at radius 2 is 1.95 bits per heavy atom. The van der Waals surface area contributed by atoms with Crippen molar-refractivity contribution in [2.75, 3.05) is 47.1 Å². The summed E-state index contributed by atoms with van der Waals surface area (Å²) in [4.78, 5) is 28.1. The van der Waals surface area contributed by atoms with Gasteiger partial charge in [-0.25, -0.2) is 0 Å². The monoisotopic (exact) mass is 536 g/mol. The third-order valence-electron chi connectivity index (χ3n) is 6.69. The Bertz CT molecular complexity index is 997. The predicted molar refractivity (Wildman–Crippen MR) is 138 cm³/mol. The molecule has 4 N–H and O–H groups in total. The van der Waals surface area contributed by atoms with Crippen LogP contribution >= 0.6 is 0 Å². The normalized spacial score (nSPS) is 21.8. The smallest absolute Gasteiger partial charge is 0.247 e. The number of carbonyl (C=O) groups excluding carboxylic acids is 2. The van der Waals surface area contributed by atoms with E-state index in [9.17, 15) is 24.9 Å². The Labute approximate surface area is 223 Å². The van der Waals surface area contributed by atoms with Crippen LogP contribution in [-0.4, -0.2) is 104 Å². The van der Waals surface area contributed by atoms with Crippen molar-refractivity contribution < 1.29 is 43.9 Å². The molecule has 2 aliphatic rings. The molecule has 2 amide bonds. The number of ether oxygens (including phenoxy) is 4. The molecule has 1 heterocycles. The van der Waals surface area contributed by atoms with E-state index in [0.29, 0.717) is 47.8 Å². The third kappa shape index (κ3) is 6.65. The van der Waals surface area contributed by atoms with Crippen molar-refractivity contribution in [1.82, 2.24) is 10.2 Å². The molecule has 0 aromatic heterocycles. The Morgan fingerprint density at radius 1 is 1.18 bits per heavy atom. The predicted octanol–water partition coefficient (Wildman–Crippen LogP) is 0.490. The molecule has 1 aromatic carbocycles. The van der Waals surface area contributed by atoms with Crippen LogP contribution in [0.5, 0.6) is 11.5 Å². The number of amides is 2. The van der Waals surface area contributed by atoms with Gasteiger partial charge in [0.1, 0.15) is 12.2 Å². The number of carbonyl (C=O) groups is 2. The van der Waals surface area contributed by atoms with Crippen molar-refractivity contribution in [2.45, 2.75) is 63.6 Å². The molecule has 38 heavy (non-hydrogen) atoms. The lowest BCUT2D eigenvalue weighted by molar-refractivity contribution is -0.138. The summed E-state index contributed by atoms with van der Waals surface area (Å²) in [6.45, 7) is 4.34. The Morgan fingerprint density at radius 3 is 2.58 bits per heavy atom. The van der Waals surface area contributed by atoms with Crippen molar-refractivity contribution in [3.8, 4) is 11.5 Å². The second-order valence-corrected chi connectivity index (χ2v) is 9.62. The summed E-state index contributed by atoms with van der Waals surface area (Å²) >= 11 is 0. The SMILES string of the molecule is COCCC(=O)N(CCCOC(C)C)[C@@H]1C=C(C(=O)NCCO)[C@@H]2c3cc(CO)cc(OC)c3O[C@@H]2[C@H]1O. The van der Waals surface area contributed by atoms with Gasteiger partial charge in [-0.05, 0) is 44.0 Å². The fourth-order valence-corrected chi connectivity index (χ4v) is 4.95. The zero-order chi connectivity index (χ0) is 27.8. The van der Waals surface area contributed by atoms with Gasteiger partial charge in [0.25, 0.3) is 0 Å². The van der Waals surface area contributed by atoms with E-state index in [0.717, 1.165) is 0 Å². The van der Waals surface area contributed by atoms with Gasteiger partial charge in [0.2, 0.25) is 11.8 Å². The van der Waals surface area contributed by atoms with Crippen LogP contribution in [-0.2, 0) is 25.7 Å². The Kier molecular flexibility index (Phi) is 10.9. The maximum absolute atomic E-state index is 13.3. The Hall–Kier alpha value is -2.70. The number of rotatable bonds is 14. The number of aliphatic hydroxyl groups is 3. The highest BCUT2D eigenvalue weighted by Crippen LogP contribution is 2.51. The van der Waals surface area contributed by atoms with Gasteiger partial charge in [0.05, 0.1) is 51.4 Å². The number of hydrogen-bond acceptors (Lipinski definition) is 9. The zero-order valence-corrected chi connectivity index (χ0v) is 22.5. The number of fused-ring (bicyclic) bond motifs is 3. The molecule has 3 rings (SSSR count).